The van der Waals surface area contributed by atoms with Crippen molar-refractivity contribution in [3.63, 3.8) is 0 Å². The molecule has 1 atom stereocenters. The van der Waals surface area contributed by atoms with Crippen molar-refractivity contribution in [3.8, 4) is 44.5 Å². The Bertz CT molecular complexity index is 2370. The number of fused-ring (bicyclic) bond motifs is 3. The van der Waals surface area contributed by atoms with Crippen LogP contribution in [0.4, 0.5) is 0 Å². The van der Waals surface area contributed by atoms with E-state index in [-0.39, 0.29) is 0 Å². The van der Waals surface area contributed by atoms with Crippen molar-refractivity contribution in [2.75, 3.05) is 0 Å². The van der Waals surface area contributed by atoms with Crippen LogP contribution in [-0.4, -0.2) is 4.57 Å². The minimum Gasteiger partial charge on any atom is -0.329 e. The summed E-state index contributed by atoms with van der Waals surface area (Å²) in [6.45, 7) is 8.88. The number of hydrogen-bond acceptors (Lipinski definition) is 0. The first-order valence-electron chi connectivity index (χ1n) is 18.3. The van der Waals surface area contributed by atoms with Crippen LogP contribution in [0, 0.1) is 0 Å². The number of rotatable bonds is 10. The fourth-order valence-electron chi connectivity index (χ4n) is 8.33. The van der Waals surface area contributed by atoms with Gasteiger partial charge in [0.05, 0.1) is 16.6 Å². The monoisotopic (exact) mass is 669 g/mol. The van der Waals surface area contributed by atoms with Gasteiger partial charge in [-0.25, -0.2) is 0 Å². The molecule has 8 aromatic rings. The molecule has 0 saturated heterocycles. The van der Waals surface area contributed by atoms with Crippen molar-refractivity contribution in [1.29, 1.82) is 0 Å². The number of aromatic nitrogens is 1. The Morgan fingerprint density at radius 1 is 0.500 bits per heavy atom. The van der Waals surface area contributed by atoms with Gasteiger partial charge in [0.15, 0.2) is 0 Å². The van der Waals surface area contributed by atoms with E-state index in [4.69, 9.17) is 0 Å². The van der Waals surface area contributed by atoms with Gasteiger partial charge in [-0.15, -0.1) is 6.58 Å². The summed E-state index contributed by atoms with van der Waals surface area (Å²) >= 11 is 0. The molecule has 0 amide bonds. The van der Waals surface area contributed by atoms with Crippen LogP contribution in [0.2, 0.25) is 0 Å². The molecule has 7 aromatic carbocycles. The van der Waals surface area contributed by atoms with E-state index in [1.807, 2.05) is 0 Å². The molecule has 1 unspecified atom stereocenters. The quantitative estimate of drug-likeness (QED) is 0.128. The molecule has 1 heterocycles. The Kier molecular flexibility index (Phi) is 9.02. The highest BCUT2D eigenvalue weighted by atomic mass is 15.1. The number of hydrogen-bond donors (Lipinski definition) is 0. The molecule has 8 rings (SSSR count). The first-order chi connectivity index (χ1) is 25.6. The summed E-state index contributed by atoms with van der Waals surface area (Å²) < 4.78 is 2.73. The standard InChI is InChI=1S/C51H43N/c1-4-6-36-51(3,46(5-2)41-30-20-11-21-31-41)52-49-44(39-26-16-9-17-27-39)34-32-42(37-22-12-7-13-23-37)47(49)48-43(38-24-14-8-15-25-38)33-35-45(50(48)52)40-28-18-10-19-29-40/h4-5,7-35H,1,6,36H2,2-3H3/b46-5-. The molecule has 1 aromatic heterocycles. The minimum absolute atomic E-state index is 0.470. The van der Waals surface area contributed by atoms with Gasteiger partial charge in [0.25, 0.3) is 0 Å². The third-order valence-electron chi connectivity index (χ3n) is 10.7. The van der Waals surface area contributed by atoms with Crippen LogP contribution in [0.1, 0.15) is 32.3 Å². The fraction of sp³-hybridized carbons (Fsp3) is 0.0980. The largest absolute Gasteiger partial charge is 0.329 e. The molecular weight excluding hydrogens is 627 g/mol. The van der Waals surface area contributed by atoms with E-state index in [0.717, 1.165) is 12.8 Å². The van der Waals surface area contributed by atoms with Gasteiger partial charge >= 0.3 is 0 Å². The van der Waals surface area contributed by atoms with Gasteiger partial charge < -0.3 is 4.57 Å². The maximum atomic E-state index is 4.24. The highest BCUT2D eigenvalue weighted by Gasteiger charge is 2.37. The molecule has 0 aliphatic heterocycles. The second-order valence-electron chi connectivity index (χ2n) is 13.7. The van der Waals surface area contributed by atoms with Gasteiger partial charge in [-0.2, -0.15) is 0 Å². The molecule has 0 aliphatic rings. The molecule has 1 heteroatoms. The molecule has 0 saturated carbocycles. The van der Waals surface area contributed by atoms with Gasteiger partial charge in [0.2, 0.25) is 0 Å². The Morgan fingerprint density at radius 2 is 0.846 bits per heavy atom. The summed E-state index contributed by atoms with van der Waals surface area (Å²) in [6, 6.07) is 64.0. The van der Waals surface area contributed by atoms with Crippen molar-refractivity contribution < 1.29 is 0 Å². The maximum Gasteiger partial charge on any atom is 0.0680 e. The van der Waals surface area contributed by atoms with Gasteiger partial charge in [-0.1, -0.05) is 188 Å². The smallest absolute Gasteiger partial charge is 0.0680 e. The zero-order valence-electron chi connectivity index (χ0n) is 30.0. The Labute approximate surface area is 307 Å². The average Bonchev–Trinajstić information content (AvgIpc) is 3.58. The predicted octanol–water partition coefficient (Wildman–Crippen LogP) is 14.2. The lowest BCUT2D eigenvalue weighted by molar-refractivity contribution is 0.421. The number of benzene rings is 7. The van der Waals surface area contributed by atoms with E-state index in [1.165, 1.54) is 77.5 Å². The Morgan fingerprint density at radius 3 is 1.21 bits per heavy atom. The van der Waals surface area contributed by atoms with Crippen molar-refractivity contribution in [1.82, 2.24) is 4.57 Å². The summed E-state index contributed by atoms with van der Waals surface area (Å²) in [6.07, 6.45) is 6.14. The third kappa shape index (κ3) is 5.69. The maximum absolute atomic E-state index is 4.24. The first-order valence-corrected chi connectivity index (χ1v) is 18.3. The molecular formula is C51H43N. The molecule has 252 valence electrons. The summed E-state index contributed by atoms with van der Waals surface area (Å²) in [5.41, 5.74) is 14.2. The summed E-state index contributed by atoms with van der Waals surface area (Å²) in [5, 5.41) is 2.54. The molecule has 0 spiro atoms. The van der Waals surface area contributed by atoms with E-state index in [0.29, 0.717) is 0 Å². The number of allylic oxidation sites excluding steroid dienone is 3. The lowest BCUT2D eigenvalue weighted by atomic mass is 9.81. The van der Waals surface area contributed by atoms with Gasteiger partial charge in [0.1, 0.15) is 0 Å². The Balaban J connectivity index is 1.68. The summed E-state index contributed by atoms with van der Waals surface area (Å²) in [4.78, 5) is 0. The van der Waals surface area contributed by atoms with E-state index in [1.54, 1.807) is 0 Å². The lowest BCUT2D eigenvalue weighted by Crippen LogP contribution is -2.32. The molecule has 0 bridgehead atoms. The molecule has 0 fully saturated rings. The second kappa shape index (κ2) is 14.2. The van der Waals surface area contributed by atoms with Crippen LogP contribution in [0.3, 0.4) is 0 Å². The van der Waals surface area contributed by atoms with E-state index >= 15 is 0 Å². The predicted molar refractivity (Wildman–Crippen MR) is 224 cm³/mol. The van der Waals surface area contributed by atoms with E-state index < -0.39 is 5.54 Å². The fourth-order valence-corrected chi connectivity index (χ4v) is 8.33. The van der Waals surface area contributed by atoms with Crippen LogP contribution in [-0.2, 0) is 5.54 Å². The zero-order valence-corrected chi connectivity index (χ0v) is 30.0. The van der Waals surface area contributed by atoms with Gasteiger partial charge in [0, 0.05) is 21.9 Å². The molecule has 52 heavy (non-hydrogen) atoms. The van der Waals surface area contributed by atoms with Crippen molar-refractivity contribution in [3.05, 3.63) is 200 Å². The van der Waals surface area contributed by atoms with Crippen molar-refractivity contribution >= 4 is 27.4 Å². The summed E-state index contributed by atoms with van der Waals surface area (Å²) in [7, 11) is 0. The Hall–Kier alpha value is -6.18. The highest BCUT2D eigenvalue weighted by molar-refractivity contribution is 6.25. The van der Waals surface area contributed by atoms with E-state index in [9.17, 15) is 0 Å². The zero-order chi connectivity index (χ0) is 35.5. The highest BCUT2D eigenvalue weighted by Crippen LogP contribution is 2.52. The average molecular weight is 670 g/mol. The number of nitrogens with zero attached hydrogens (tertiary/aromatic N) is 1. The lowest BCUT2D eigenvalue weighted by Gasteiger charge is -2.37. The minimum atomic E-state index is -0.470. The van der Waals surface area contributed by atoms with Crippen molar-refractivity contribution in [2.45, 2.75) is 32.2 Å². The van der Waals surface area contributed by atoms with Crippen LogP contribution in [0.15, 0.2) is 195 Å². The van der Waals surface area contributed by atoms with Crippen LogP contribution in [0.25, 0.3) is 71.9 Å². The molecule has 0 N–H and O–H groups in total. The third-order valence-corrected chi connectivity index (χ3v) is 10.7. The molecule has 0 radical (unpaired) electrons. The van der Waals surface area contributed by atoms with Crippen molar-refractivity contribution in [2.24, 2.45) is 0 Å². The topological polar surface area (TPSA) is 4.93 Å². The van der Waals surface area contributed by atoms with Crippen LogP contribution >= 0.6 is 0 Å². The van der Waals surface area contributed by atoms with Crippen LogP contribution in [0.5, 0.6) is 0 Å². The van der Waals surface area contributed by atoms with Crippen LogP contribution < -0.4 is 0 Å². The second-order valence-corrected chi connectivity index (χ2v) is 13.7. The van der Waals surface area contributed by atoms with Gasteiger partial charge in [-0.05, 0) is 71.2 Å². The summed E-state index contributed by atoms with van der Waals surface area (Å²) in [5.74, 6) is 0. The molecule has 1 nitrogen and oxygen atoms in total. The SMILES string of the molecule is C=CCCC(C)(/C(=C\C)c1ccccc1)n1c2c(-c3ccccc3)ccc(-c3ccccc3)c2c2c(-c3ccccc3)ccc(-c3ccccc3)c21. The molecule has 0 aliphatic carbocycles. The normalized spacial score (nSPS) is 12.9. The first kappa shape index (κ1) is 33.0. The van der Waals surface area contributed by atoms with Gasteiger partial charge in [-0.3, -0.25) is 0 Å². The van der Waals surface area contributed by atoms with E-state index in [2.05, 4.69) is 213 Å².